The number of carbonyl (C=O) groups excluding carboxylic acids is 2. The number of rotatable bonds is 5. The Balaban J connectivity index is 1.60. The van der Waals surface area contributed by atoms with Crippen LogP contribution < -0.4 is 5.01 Å². The Morgan fingerprint density at radius 2 is 2.17 bits per heavy atom. The highest BCUT2D eigenvalue weighted by Crippen LogP contribution is 2.49. The molecule has 0 saturated carbocycles. The van der Waals surface area contributed by atoms with E-state index in [1.807, 2.05) is 6.92 Å². The predicted molar refractivity (Wildman–Crippen MR) is 102 cm³/mol. The zero-order valence-electron chi connectivity index (χ0n) is 15.8. The van der Waals surface area contributed by atoms with Crippen molar-refractivity contribution in [3.63, 3.8) is 0 Å². The molecule has 0 aliphatic carbocycles. The van der Waals surface area contributed by atoms with E-state index in [9.17, 15) is 19.5 Å². The van der Waals surface area contributed by atoms with Gasteiger partial charge in [-0.2, -0.15) is 0 Å². The summed E-state index contributed by atoms with van der Waals surface area (Å²) in [5.74, 6) is -1.85. The molecule has 2 fully saturated rings. The van der Waals surface area contributed by atoms with E-state index < -0.39 is 23.3 Å². The summed E-state index contributed by atoms with van der Waals surface area (Å²) < 4.78 is 0. The number of fused-ring (bicyclic) bond motifs is 1. The van der Waals surface area contributed by atoms with E-state index >= 15 is 0 Å². The summed E-state index contributed by atoms with van der Waals surface area (Å²) in [6.45, 7) is 4.98. The van der Waals surface area contributed by atoms with Gasteiger partial charge >= 0.3 is 5.97 Å². The first kappa shape index (κ1) is 19.7. The number of nitrogens with zero attached hydrogens (tertiary/aromatic N) is 8. The second-order valence-corrected chi connectivity index (χ2v) is 9.37. The average Bonchev–Trinajstić information content (AvgIpc) is 3.36. The van der Waals surface area contributed by atoms with Gasteiger partial charge in [0, 0.05) is 25.1 Å². The molecule has 0 bridgehead atoms. The first-order chi connectivity index (χ1) is 13.8. The van der Waals surface area contributed by atoms with Crippen molar-refractivity contribution in [1.29, 1.82) is 0 Å². The van der Waals surface area contributed by atoms with Crippen molar-refractivity contribution in [2.45, 2.75) is 38.1 Å². The first-order valence-electron chi connectivity index (χ1n) is 8.75. The monoisotopic (exact) mass is 438 g/mol. The van der Waals surface area contributed by atoms with Crippen molar-refractivity contribution in [3.8, 4) is 0 Å². The normalized spacial score (nSPS) is 27.1. The molecule has 14 heteroatoms. The van der Waals surface area contributed by atoms with Crippen molar-refractivity contribution in [2.75, 3.05) is 17.3 Å². The third kappa shape index (κ3) is 2.97. The highest BCUT2D eigenvalue weighted by atomic mass is 32.2. The van der Waals surface area contributed by atoms with Gasteiger partial charge in [0.15, 0.2) is 12.4 Å². The summed E-state index contributed by atoms with van der Waals surface area (Å²) in [4.78, 5) is 40.0. The lowest BCUT2D eigenvalue weighted by Crippen LogP contribution is -2.76. The Labute approximate surface area is 173 Å². The molecule has 0 aromatic carbocycles. The molecule has 3 unspecified atom stereocenters. The molecule has 2 aliphatic rings. The van der Waals surface area contributed by atoms with Gasteiger partial charge in [-0.1, -0.05) is 6.92 Å². The zero-order chi connectivity index (χ0) is 20.9. The van der Waals surface area contributed by atoms with Gasteiger partial charge in [0.1, 0.15) is 20.8 Å². The lowest BCUT2D eigenvalue weighted by Gasteiger charge is -2.56. The molecule has 0 radical (unpaired) electrons. The van der Waals surface area contributed by atoms with Crippen LogP contribution in [0.3, 0.4) is 0 Å². The number of hydrogen-bond acceptors (Lipinski definition) is 10. The number of thioether (sulfide) groups is 1. The Morgan fingerprint density at radius 1 is 1.41 bits per heavy atom. The van der Waals surface area contributed by atoms with Crippen molar-refractivity contribution in [3.05, 3.63) is 16.3 Å². The number of tetrazole rings is 1. The fourth-order valence-corrected chi connectivity index (χ4v) is 6.26. The standard InChI is InChI=1S/C15H18N8O4S2/c1-7(11-18-17-8(2)29-11)15(14(26)27)4-21-12(25)10(13(21)28-5-15)23(9(3)24)22-6-16-19-20-22/h6-7,10,13H,4-5H2,1-3H3,(H,26,27)/t7?,10?,13-,15?/m1/s1. The van der Waals surface area contributed by atoms with Crippen LogP contribution in [0.25, 0.3) is 0 Å². The Bertz CT molecular complexity index is 965. The maximum atomic E-state index is 12.9. The van der Waals surface area contributed by atoms with E-state index in [0.717, 1.165) is 9.80 Å². The molecule has 12 nitrogen and oxygen atoms in total. The molecule has 4 rings (SSSR count). The Kier molecular flexibility index (Phi) is 4.77. The molecule has 29 heavy (non-hydrogen) atoms. The number of aliphatic carboxylic acids is 1. The SMILES string of the molecule is CC(=O)N(C1C(=O)N2CC(C(=O)O)(C(C)c3nnc(C)s3)CS[C@H]12)n1cnnn1. The predicted octanol–water partition coefficient (Wildman–Crippen LogP) is -0.524. The van der Waals surface area contributed by atoms with Gasteiger partial charge in [0.2, 0.25) is 5.91 Å². The highest BCUT2D eigenvalue weighted by Gasteiger charge is 2.61. The third-order valence-electron chi connectivity index (χ3n) is 5.39. The lowest BCUT2D eigenvalue weighted by atomic mass is 9.76. The van der Waals surface area contributed by atoms with Crippen LogP contribution in [0.5, 0.6) is 0 Å². The molecule has 2 aromatic rings. The van der Waals surface area contributed by atoms with Gasteiger partial charge < -0.3 is 10.0 Å². The summed E-state index contributed by atoms with van der Waals surface area (Å²) in [5.41, 5.74) is -1.19. The molecule has 1 N–H and O–H groups in total. The summed E-state index contributed by atoms with van der Waals surface area (Å²) >= 11 is 2.70. The highest BCUT2D eigenvalue weighted by molar-refractivity contribution is 8.00. The second-order valence-electron chi connectivity index (χ2n) is 7.05. The summed E-state index contributed by atoms with van der Waals surface area (Å²) in [6.07, 6.45) is 1.24. The number of amides is 2. The van der Waals surface area contributed by atoms with E-state index in [2.05, 4.69) is 25.7 Å². The Morgan fingerprint density at radius 3 is 2.72 bits per heavy atom. The van der Waals surface area contributed by atoms with Gasteiger partial charge in [-0.05, 0) is 17.4 Å². The summed E-state index contributed by atoms with van der Waals surface area (Å²) in [5, 5.41) is 31.1. The zero-order valence-corrected chi connectivity index (χ0v) is 17.4. The third-order valence-corrected chi connectivity index (χ3v) is 7.95. The van der Waals surface area contributed by atoms with Gasteiger partial charge in [0.05, 0.1) is 0 Å². The van der Waals surface area contributed by atoms with Gasteiger partial charge in [-0.15, -0.1) is 43.2 Å². The molecular formula is C15H18N8O4S2. The smallest absolute Gasteiger partial charge is 0.313 e. The van der Waals surface area contributed by atoms with Crippen LogP contribution in [0.1, 0.15) is 29.8 Å². The van der Waals surface area contributed by atoms with Crippen molar-refractivity contribution >= 4 is 40.9 Å². The van der Waals surface area contributed by atoms with Crippen LogP contribution in [0.2, 0.25) is 0 Å². The van der Waals surface area contributed by atoms with E-state index in [-0.39, 0.29) is 29.5 Å². The number of carboxylic acids is 1. The molecular weight excluding hydrogens is 420 g/mol. The van der Waals surface area contributed by atoms with E-state index in [0.29, 0.717) is 5.01 Å². The maximum absolute atomic E-state index is 12.9. The molecule has 0 spiro atoms. The maximum Gasteiger partial charge on any atom is 0.313 e. The van der Waals surface area contributed by atoms with Crippen LogP contribution in [0.15, 0.2) is 6.33 Å². The summed E-state index contributed by atoms with van der Waals surface area (Å²) in [6, 6.07) is -0.785. The van der Waals surface area contributed by atoms with Gasteiger partial charge in [-0.25, -0.2) is 5.01 Å². The first-order valence-corrected chi connectivity index (χ1v) is 10.6. The molecule has 2 aliphatic heterocycles. The number of carboxylic acid groups (broad SMARTS) is 1. The van der Waals surface area contributed by atoms with Crippen molar-refractivity contribution in [2.24, 2.45) is 5.41 Å². The molecule has 2 saturated heterocycles. The van der Waals surface area contributed by atoms with Crippen molar-refractivity contribution < 1.29 is 19.5 Å². The number of β-lactam (4-membered cyclic amide) rings is 1. The number of carbonyl (C=O) groups is 3. The molecule has 4 atom stereocenters. The van der Waals surface area contributed by atoms with Crippen molar-refractivity contribution in [1.82, 2.24) is 35.4 Å². The van der Waals surface area contributed by atoms with E-state index in [1.165, 1.54) is 46.3 Å². The van der Waals surface area contributed by atoms with Crippen LogP contribution in [0, 0.1) is 12.3 Å². The van der Waals surface area contributed by atoms with Crippen LogP contribution in [0.4, 0.5) is 0 Å². The lowest BCUT2D eigenvalue weighted by molar-refractivity contribution is -0.159. The number of aromatic nitrogens is 6. The minimum atomic E-state index is -1.19. The largest absolute Gasteiger partial charge is 0.481 e. The minimum Gasteiger partial charge on any atom is -0.481 e. The molecule has 2 aromatic heterocycles. The van der Waals surface area contributed by atoms with Crippen LogP contribution >= 0.6 is 23.1 Å². The molecule has 4 heterocycles. The molecule has 154 valence electrons. The minimum absolute atomic E-state index is 0.0382. The van der Waals surface area contributed by atoms with Gasteiger partial charge in [-0.3, -0.25) is 14.4 Å². The van der Waals surface area contributed by atoms with E-state index in [1.54, 1.807) is 6.92 Å². The fraction of sp³-hybridized carbons (Fsp3) is 0.600. The second kappa shape index (κ2) is 7.02. The van der Waals surface area contributed by atoms with Gasteiger partial charge in [0.25, 0.3) is 5.91 Å². The summed E-state index contributed by atoms with van der Waals surface area (Å²) in [7, 11) is 0. The number of hydrogen-bond donors (Lipinski definition) is 1. The quantitative estimate of drug-likeness (QED) is 0.604. The Hall–Kier alpha value is -2.61. The average molecular weight is 438 g/mol. The van der Waals surface area contributed by atoms with E-state index in [4.69, 9.17) is 0 Å². The van der Waals surface area contributed by atoms with Crippen LogP contribution in [-0.2, 0) is 14.4 Å². The van der Waals surface area contributed by atoms with Crippen LogP contribution in [-0.4, -0.2) is 82.0 Å². The fourth-order valence-electron chi connectivity index (χ4n) is 3.69. The topological polar surface area (TPSA) is 147 Å². The number of aryl methyl sites for hydroxylation is 1. The molecule has 2 amide bonds.